The van der Waals surface area contributed by atoms with Crippen LogP contribution in [0.15, 0.2) is 10.5 Å². The Balaban J connectivity index is 2.99. The van der Waals surface area contributed by atoms with Gasteiger partial charge in [-0.25, -0.2) is 0 Å². The summed E-state index contributed by atoms with van der Waals surface area (Å²) in [6.45, 7) is 4.07. The number of carbonyl (C=O) groups excluding carboxylic acids is 1. The first-order valence-corrected chi connectivity index (χ1v) is 4.56. The van der Waals surface area contributed by atoms with Gasteiger partial charge in [-0.3, -0.25) is 4.79 Å². The Kier molecular flexibility index (Phi) is 3.12. The van der Waals surface area contributed by atoms with Crippen molar-refractivity contribution in [3.63, 3.8) is 0 Å². The van der Waals surface area contributed by atoms with E-state index in [1.807, 2.05) is 13.0 Å². The zero-order valence-corrected chi connectivity index (χ0v) is 8.31. The second-order valence-electron chi connectivity index (χ2n) is 2.85. The topological polar surface area (TPSA) is 42.2 Å². The van der Waals surface area contributed by atoms with Gasteiger partial charge in [0.1, 0.15) is 5.76 Å². The first-order chi connectivity index (χ1) is 6.22. The maximum Gasteiger partial charge on any atom is 0.286 e. The minimum Gasteiger partial charge on any atom is -0.456 e. The Labute approximate surface area is 78.1 Å². The maximum atomic E-state index is 11.2. The zero-order chi connectivity index (χ0) is 9.84. The third-order valence-electron chi connectivity index (χ3n) is 2.05. The van der Waals surface area contributed by atoms with E-state index < -0.39 is 0 Å². The van der Waals surface area contributed by atoms with Crippen molar-refractivity contribution >= 4 is 5.91 Å². The van der Waals surface area contributed by atoms with E-state index in [-0.39, 0.29) is 5.91 Å². The van der Waals surface area contributed by atoms with Gasteiger partial charge in [0.2, 0.25) is 0 Å². The summed E-state index contributed by atoms with van der Waals surface area (Å²) in [4.78, 5) is 11.2. The van der Waals surface area contributed by atoms with Gasteiger partial charge in [-0.1, -0.05) is 13.8 Å². The van der Waals surface area contributed by atoms with Gasteiger partial charge in [-0.05, 0) is 18.1 Å². The molecule has 0 atom stereocenters. The van der Waals surface area contributed by atoms with Crippen LogP contribution in [-0.2, 0) is 12.8 Å². The van der Waals surface area contributed by atoms with Crippen LogP contribution in [0, 0.1) is 0 Å². The maximum absolute atomic E-state index is 11.2. The molecule has 1 aromatic heterocycles. The molecule has 0 aliphatic carbocycles. The van der Waals surface area contributed by atoms with Gasteiger partial charge in [0.25, 0.3) is 5.91 Å². The molecular weight excluding hydrogens is 166 g/mol. The van der Waals surface area contributed by atoms with Gasteiger partial charge < -0.3 is 9.73 Å². The van der Waals surface area contributed by atoms with E-state index >= 15 is 0 Å². The Morgan fingerprint density at radius 3 is 2.54 bits per heavy atom. The fourth-order valence-electron chi connectivity index (χ4n) is 1.30. The summed E-state index contributed by atoms with van der Waals surface area (Å²) in [6.07, 6.45) is 1.74. The second-order valence-corrected chi connectivity index (χ2v) is 2.85. The zero-order valence-electron chi connectivity index (χ0n) is 8.31. The molecule has 0 aromatic carbocycles. The lowest BCUT2D eigenvalue weighted by Gasteiger charge is -1.93. The number of amides is 1. The molecule has 0 fully saturated rings. The molecule has 3 nitrogen and oxygen atoms in total. The van der Waals surface area contributed by atoms with Crippen molar-refractivity contribution < 1.29 is 9.21 Å². The van der Waals surface area contributed by atoms with Crippen LogP contribution in [-0.4, -0.2) is 13.0 Å². The van der Waals surface area contributed by atoms with Crippen molar-refractivity contribution in [3.05, 3.63) is 23.2 Å². The number of aryl methyl sites for hydroxylation is 2. The molecule has 0 spiro atoms. The molecule has 0 saturated carbocycles. The van der Waals surface area contributed by atoms with Crippen LogP contribution in [0.25, 0.3) is 0 Å². The predicted octanol–water partition coefficient (Wildman–Crippen LogP) is 1.76. The fraction of sp³-hybridized carbons (Fsp3) is 0.500. The van der Waals surface area contributed by atoms with E-state index in [9.17, 15) is 4.79 Å². The summed E-state index contributed by atoms with van der Waals surface area (Å²) < 4.78 is 5.40. The SMILES string of the molecule is CCc1cc(C(=O)NC)oc1CC. The molecule has 1 amide bonds. The Bertz CT molecular complexity index is 280. The summed E-state index contributed by atoms with van der Waals surface area (Å²) in [7, 11) is 1.60. The number of hydrogen-bond acceptors (Lipinski definition) is 2. The van der Waals surface area contributed by atoms with E-state index in [0.29, 0.717) is 5.76 Å². The Hall–Kier alpha value is -1.25. The summed E-state index contributed by atoms with van der Waals surface area (Å²) in [6, 6.07) is 1.82. The van der Waals surface area contributed by atoms with Crippen molar-refractivity contribution in [2.45, 2.75) is 26.7 Å². The Morgan fingerprint density at radius 1 is 1.46 bits per heavy atom. The standard InChI is InChI=1S/C10H15NO2/c1-4-7-6-9(10(12)11-3)13-8(7)5-2/h6H,4-5H2,1-3H3,(H,11,12). The van der Waals surface area contributed by atoms with Crippen LogP contribution in [0.5, 0.6) is 0 Å². The lowest BCUT2D eigenvalue weighted by molar-refractivity contribution is 0.0934. The third kappa shape index (κ3) is 1.91. The van der Waals surface area contributed by atoms with E-state index in [1.165, 1.54) is 0 Å². The molecule has 0 aliphatic rings. The average Bonchev–Trinajstić information content (AvgIpc) is 2.59. The van der Waals surface area contributed by atoms with Crippen LogP contribution in [0.2, 0.25) is 0 Å². The molecule has 1 heterocycles. The van der Waals surface area contributed by atoms with Gasteiger partial charge in [0, 0.05) is 13.5 Å². The minimum atomic E-state index is -0.158. The summed E-state index contributed by atoms with van der Waals surface area (Å²) in [5.74, 6) is 1.17. The monoisotopic (exact) mass is 181 g/mol. The quantitative estimate of drug-likeness (QED) is 0.772. The molecule has 0 aliphatic heterocycles. The van der Waals surface area contributed by atoms with Crippen molar-refractivity contribution in [2.24, 2.45) is 0 Å². The summed E-state index contributed by atoms with van der Waals surface area (Å²) >= 11 is 0. The lowest BCUT2D eigenvalue weighted by atomic mass is 10.1. The molecule has 0 unspecified atom stereocenters. The van der Waals surface area contributed by atoms with Crippen molar-refractivity contribution in [1.82, 2.24) is 5.32 Å². The number of carbonyl (C=O) groups is 1. The summed E-state index contributed by atoms with van der Waals surface area (Å²) in [5.41, 5.74) is 1.13. The predicted molar refractivity (Wildman–Crippen MR) is 50.9 cm³/mol. The largest absolute Gasteiger partial charge is 0.456 e. The average molecular weight is 181 g/mol. The molecule has 72 valence electrons. The molecule has 3 heteroatoms. The normalized spacial score (nSPS) is 10.1. The first-order valence-electron chi connectivity index (χ1n) is 4.56. The lowest BCUT2D eigenvalue weighted by Crippen LogP contribution is -2.16. The van der Waals surface area contributed by atoms with Gasteiger partial charge in [-0.2, -0.15) is 0 Å². The van der Waals surface area contributed by atoms with E-state index in [4.69, 9.17) is 4.42 Å². The molecule has 0 bridgehead atoms. The van der Waals surface area contributed by atoms with Crippen molar-refractivity contribution in [1.29, 1.82) is 0 Å². The molecular formula is C10H15NO2. The highest BCUT2D eigenvalue weighted by atomic mass is 16.4. The van der Waals surface area contributed by atoms with Gasteiger partial charge in [0.15, 0.2) is 5.76 Å². The van der Waals surface area contributed by atoms with Crippen molar-refractivity contribution in [3.8, 4) is 0 Å². The molecule has 13 heavy (non-hydrogen) atoms. The molecule has 1 rings (SSSR count). The number of rotatable bonds is 3. The Morgan fingerprint density at radius 2 is 2.15 bits per heavy atom. The van der Waals surface area contributed by atoms with Gasteiger partial charge >= 0.3 is 0 Å². The van der Waals surface area contributed by atoms with Crippen LogP contribution in [0.3, 0.4) is 0 Å². The van der Waals surface area contributed by atoms with Crippen LogP contribution < -0.4 is 5.32 Å². The smallest absolute Gasteiger partial charge is 0.286 e. The van der Waals surface area contributed by atoms with Crippen LogP contribution in [0.4, 0.5) is 0 Å². The highest BCUT2D eigenvalue weighted by Crippen LogP contribution is 2.16. The van der Waals surface area contributed by atoms with Gasteiger partial charge in [0.05, 0.1) is 0 Å². The molecule has 1 aromatic rings. The van der Waals surface area contributed by atoms with Crippen LogP contribution >= 0.6 is 0 Å². The van der Waals surface area contributed by atoms with Crippen LogP contribution in [0.1, 0.15) is 35.7 Å². The van der Waals surface area contributed by atoms with Crippen molar-refractivity contribution in [2.75, 3.05) is 7.05 Å². The fourth-order valence-corrected chi connectivity index (χ4v) is 1.30. The second kappa shape index (κ2) is 4.12. The van der Waals surface area contributed by atoms with E-state index in [1.54, 1.807) is 7.05 Å². The molecule has 0 saturated heterocycles. The van der Waals surface area contributed by atoms with Gasteiger partial charge in [-0.15, -0.1) is 0 Å². The third-order valence-corrected chi connectivity index (χ3v) is 2.05. The first kappa shape index (κ1) is 9.84. The number of hydrogen-bond donors (Lipinski definition) is 1. The molecule has 0 radical (unpaired) electrons. The number of nitrogens with one attached hydrogen (secondary N) is 1. The summed E-state index contributed by atoms with van der Waals surface area (Å²) in [5, 5.41) is 2.54. The minimum absolute atomic E-state index is 0.158. The highest BCUT2D eigenvalue weighted by Gasteiger charge is 2.12. The van der Waals surface area contributed by atoms with E-state index in [2.05, 4.69) is 12.2 Å². The van der Waals surface area contributed by atoms with E-state index in [0.717, 1.165) is 24.2 Å². The molecule has 1 N–H and O–H groups in total. The highest BCUT2D eigenvalue weighted by molar-refractivity contribution is 5.91. The number of furan rings is 1.